The largest absolute Gasteiger partial charge is 0.497 e. The number of nitrogens with zero attached hydrogens (tertiary/aromatic N) is 1. The van der Waals surface area contributed by atoms with Crippen molar-refractivity contribution in [3.05, 3.63) is 64.4 Å². The lowest BCUT2D eigenvalue weighted by molar-refractivity contribution is 0.257. The summed E-state index contributed by atoms with van der Waals surface area (Å²) in [5.41, 5.74) is 1.69. The first-order valence-electron chi connectivity index (χ1n) is 10.7. The van der Waals surface area contributed by atoms with Gasteiger partial charge in [-0.15, -0.1) is 0 Å². The normalized spacial score (nSPS) is 10.9. The minimum atomic E-state index is -0.150. The molecular weight excluding hydrogens is 378 g/mol. The number of unbranched alkanes of at least 4 members (excludes halogenated alkanes) is 2. The van der Waals surface area contributed by atoms with Crippen molar-refractivity contribution in [3.8, 4) is 17.2 Å². The Morgan fingerprint density at radius 1 is 0.900 bits per heavy atom. The minimum Gasteiger partial charge on any atom is -0.497 e. The zero-order valence-electron chi connectivity index (χ0n) is 18.1. The van der Waals surface area contributed by atoms with Gasteiger partial charge in [-0.25, -0.2) is 0 Å². The molecule has 1 aromatic heterocycles. The van der Waals surface area contributed by atoms with Gasteiger partial charge in [-0.1, -0.05) is 57.0 Å². The third-order valence-corrected chi connectivity index (χ3v) is 5.09. The molecule has 3 rings (SSSR count). The number of pyridine rings is 1. The van der Waals surface area contributed by atoms with Crippen LogP contribution >= 0.6 is 0 Å². The van der Waals surface area contributed by atoms with Crippen LogP contribution in [0.4, 0.5) is 0 Å². The Kier molecular flexibility index (Phi) is 7.77. The summed E-state index contributed by atoms with van der Waals surface area (Å²) < 4.78 is 19.4. The van der Waals surface area contributed by atoms with E-state index in [0.29, 0.717) is 37.0 Å². The molecular formula is C25H31NO4. The summed E-state index contributed by atoms with van der Waals surface area (Å²) in [6, 6.07) is 15.7. The van der Waals surface area contributed by atoms with E-state index in [-0.39, 0.29) is 5.56 Å². The van der Waals surface area contributed by atoms with E-state index in [2.05, 4.69) is 13.8 Å². The van der Waals surface area contributed by atoms with E-state index in [1.807, 2.05) is 48.5 Å². The van der Waals surface area contributed by atoms with Gasteiger partial charge in [0.05, 0.1) is 19.2 Å². The zero-order chi connectivity index (χ0) is 21.3. The topological polar surface area (TPSA) is 49.7 Å². The number of fused-ring (bicyclic) bond motifs is 1. The summed E-state index contributed by atoms with van der Waals surface area (Å²) in [5.74, 6) is 1.51. The van der Waals surface area contributed by atoms with Crippen molar-refractivity contribution in [1.29, 1.82) is 0 Å². The van der Waals surface area contributed by atoms with Crippen molar-refractivity contribution >= 4 is 10.9 Å². The van der Waals surface area contributed by atoms with Gasteiger partial charge in [0.25, 0.3) is 5.56 Å². The average molecular weight is 410 g/mol. The molecule has 3 aromatic rings. The van der Waals surface area contributed by atoms with Crippen LogP contribution in [0, 0.1) is 0 Å². The molecule has 0 atom stereocenters. The number of rotatable bonds is 11. The summed E-state index contributed by atoms with van der Waals surface area (Å²) in [5, 5.41) is 0.855. The molecule has 0 aliphatic rings. The lowest BCUT2D eigenvalue weighted by atomic mass is 10.1. The van der Waals surface area contributed by atoms with Gasteiger partial charge in [-0.3, -0.25) is 4.79 Å². The van der Waals surface area contributed by atoms with Gasteiger partial charge >= 0.3 is 0 Å². The molecule has 30 heavy (non-hydrogen) atoms. The second kappa shape index (κ2) is 10.7. The number of aryl methyl sites for hydroxylation is 1. The Labute approximate surface area is 178 Å². The monoisotopic (exact) mass is 409 g/mol. The van der Waals surface area contributed by atoms with Crippen molar-refractivity contribution in [2.45, 2.75) is 52.7 Å². The average Bonchev–Trinajstić information content (AvgIpc) is 2.78. The van der Waals surface area contributed by atoms with E-state index in [9.17, 15) is 4.79 Å². The highest BCUT2D eigenvalue weighted by Gasteiger charge is 2.20. The predicted molar refractivity (Wildman–Crippen MR) is 121 cm³/mol. The molecule has 0 aliphatic carbocycles. The second-order valence-corrected chi connectivity index (χ2v) is 7.33. The van der Waals surface area contributed by atoms with E-state index >= 15 is 0 Å². The highest BCUT2D eigenvalue weighted by molar-refractivity contribution is 5.89. The van der Waals surface area contributed by atoms with E-state index in [1.54, 1.807) is 11.7 Å². The lowest BCUT2D eigenvalue weighted by Crippen LogP contribution is -2.24. The van der Waals surface area contributed by atoms with Crippen molar-refractivity contribution in [2.75, 3.05) is 13.7 Å². The fraction of sp³-hybridized carbons (Fsp3) is 0.400. The van der Waals surface area contributed by atoms with E-state index in [4.69, 9.17) is 14.2 Å². The van der Waals surface area contributed by atoms with Crippen LogP contribution < -0.4 is 19.8 Å². The summed E-state index contributed by atoms with van der Waals surface area (Å²) in [6.07, 6.45) is 3.78. The minimum absolute atomic E-state index is 0.150. The maximum atomic E-state index is 13.4. The van der Waals surface area contributed by atoms with Crippen LogP contribution in [0.2, 0.25) is 0 Å². The first-order valence-corrected chi connectivity index (χ1v) is 10.7. The summed E-state index contributed by atoms with van der Waals surface area (Å²) in [4.78, 5) is 13.4. The summed E-state index contributed by atoms with van der Waals surface area (Å²) in [7, 11) is 1.63. The molecule has 5 nitrogen and oxygen atoms in total. The van der Waals surface area contributed by atoms with Crippen LogP contribution in [0.3, 0.4) is 0 Å². The predicted octanol–water partition coefficient (Wildman–Crippen LogP) is 5.57. The third kappa shape index (κ3) is 4.96. The van der Waals surface area contributed by atoms with Gasteiger partial charge in [0.1, 0.15) is 12.4 Å². The van der Waals surface area contributed by atoms with Crippen molar-refractivity contribution in [2.24, 2.45) is 0 Å². The summed E-state index contributed by atoms with van der Waals surface area (Å²) in [6.45, 7) is 5.70. The molecule has 0 fully saturated rings. The first kappa shape index (κ1) is 21.8. The number of hydrogen-bond donors (Lipinski definition) is 0. The highest BCUT2D eigenvalue weighted by Crippen LogP contribution is 2.35. The maximum Gasteiger partial charge on any atom is 0.297 e. The standard InChI is InChI=1S/C25H31NO4/c1-4-6-15-26-22-17-20(28-3)13-14-21(22)23(24(25(26)27)29-16-7-5-2)30-18-19-11-9-8-10-12-19/h8-14,17H,4-7,15-16,18H2,1-3H3. The van der Waals surface area contributed by atoms with Crippen LogP contribution in [0.25, 0.3) is 10.9 Å². The Morgan fingerprint density at radius 2 is 1.67 bits per heavy atom. The molecule has 0 aliphatic heterocycles. The zero-order valence-corrected chi connectivity index (χ0v) is 18.1. The first-order chi connectivity index (χ1) is 14.7. The molecule has 1 heterocycles. The molecule has 0 amide bonds. The Hall–Kier alpha value is -2.95. The fourth-order valence-electron chi connectivity index (χ4n) is 3.36. The molecule has 0 radical (unpaired) electrons. The van der Waals surface area contributed by atoms with Gasteiger partial charge in [-0.05, 0) is 30.5 Å². The van der Waals surface area contributed by atoms with Gasteiger partial charge in [0.2, 0.25) is 5.75 Å². The van der Waals surface area contributed by atoms with E-state index in [0.717, 1.165) is 42.1 Å². The van der Waals surface area contributed by atoms with Crippen molar-refractivity contribution in [1.82, 2.24) is 4.57 Å². The van der Waals surface area contributed by atoms with Gasteiger partial charge in [0.15, 0.2) is 5.75 Å². The van der Waals surface area contributed by atoms with Gasteiger partial charge in [-0.2, -0.15) is 0 Å². The van der Waals surface area contributed by atoms with E-state index in [1.165, 1.54) is 0 Å². The number of benzene rings is 2. The second-order valence-electron chi connectivity index (χ2n) is 7.33. The molecule has 5 heteroatoms. The number of ether oxygens (including phenoxy) is 3. The molecule has 0 saturated carbocycles. The van der Waals surface area contributed by atoms with Gasteiger partial charge in [0, 0.05) is 18.0 Å². The fourth-order valence-corrected chi connectivity index (χ4v) is 3.36. The number of methoxy groups -OCH3 is 1. The smallest absolute Gasteiger partial charge is 0.297 e. The van der Waals surface area contributed by atoms with Gasteiger partial charge < -0.3 is 18.8 Å². The Morgan fingerprint density at radius 3 is 2.37 bits per heavy atom. The van der Waals surface area contributed by atoms with Crippen LogP contribution in [0.15, 0.2) is 53.3 Å². The Balaban J connectivity index is 2.13. The molecule has 0 N–H and O–H groups in total. The quantitative estimate of drug-likeness (QED) is 0.389. The van der Waals surface area contributed by atoms with Crippen LogP contribution in [-0.2, 0) is 13.2 Å². The third-order valence-electron chi connectivity index (χ3n) is 5.09. The summed E-state index contributed by atoms with van der Waals surface area (Å²) >= 11 is 0. The SMILES string of the molecule is CCCCOc1c(OCc2ccccc2)c2ccc(OC)cc2n(CCCC)c1=O. The number of aromatic nitrogens is 1. The Bertz CT molecular complexity index is 1010. The molecule has 2 aromatic carbocycles. The van der Waals surface area contributed by atoms with Crippen molar-refractivity contribution < 1.29 is 14.2 Å². The van der Waals surface area contributed by atoms with Crippen LogP contribution in [-0.4, -0.2) is 18.3 Å². The maximum absolute atomic E-state index is 13.4. The van der Waals surface area contributed by atoms with Crippen molar-refractivity contribution in [3.63, 3.8) is 0 Å². The molecule has 0 spiro atoms. The van der Waals surface area contributed by atoms with E-state index < -0.39 is 0 Å². The molecule has 160 valence electrons. The molecule has 0 bridgehead atoms. The van der Waals surface area contributed by atoms with Crippen LogP contribution in [0.5, 0.6) is 17.2 Å². The number of hydrogen-bond acceptors (Lipinski definition) is 4. The lowest BCUT2D eigenvalue weighted by Gasteiger charge is -2.19. The highest BCUT2D eigenvalue weighted by atomic mass is 16.5. The molecule has 0 unspecified atom stereocenters. The van der Waals surface area contributed by atoms with Crippen LogP contribution in [0.1, 0.15) is 45.1 Å². The molecule has 0 saturated heterocycles.